The summed E-state index contributed by atoms with van der Waals surface area (Å²) in [6.45, 7) is 3.71. The zero-order chi connectivity index (χ0) is 22.5. The van der Waals surface area contributed by atoms with Gasteiger partial charge in [0, 0.05) is 19.9 Å². The Morgan fingerprint density at radius 3 is 2.37 bits per heavy atom. The molecule has 0 saturated heterocycles. The second kappa shape index (κ2) is 13.0. The van der Waals surface area contributed by atoms with Crippen molar-refractivity contribution in [2.24, 2.45) is 16.5 Å². The van der Waals surface area contributed by atoms with Gasteiger partial charge in [-0.1, -0.05) is 19.1 Å². The molecule has 0 fully saturated rings. The number of nitrogens with two attached hydrogens (primary N) is 2. The van der Waals surface area contributed by atoms with E-state index < -0.39 is 24.0 Å². The van der Waals surface area contributed by atoms with Crippen molar-refractivity contribution in [3.8, 4) is 5.75 Å². The van der Waals surface area contributed by atoms with E-state index in [9.17, 15) is 19.5 Å². The van der Waals surface area contributed by atoms with E-state index >= 15 is 0 Å². The quantitative estimate of drug-likeness (QED) is 0.136. The highest BCUT2D eigenvalue weighted by atomic mass is 16.5. The summed E-state index contributed by atoms with van der Waals surface area (Å²) in [7, 11) is 0. The third-order valence-electron chi connectivity index (χ3n) is 4.06. The normalized spacial score (nSPS) is 12.3. The molecule has 0 aliphatic rings. The lowest BCUT2D eigenvalue weighted by Gasteiger charge is -2.22. The first kappa shape index (κ1) is 24.7. The summed E-state index contributed by atoms with van der Waals surface area (Å²) in [4.78, 5) is 40.6. The number of carbonyl (C=O) groups is 3. The molecule has 10 nitrogen and oxygen atoms in total. The van der Waals surface area contributed by atoms with Crippen LogP contribution in [0.4, 0.5) is 0 Å². The smallest absolute Gasteiger partial charge is 0.328 e. The van der Waals surface area contributed by atoms with Crippen molar-refractivity contribution in [2.75, 3.05) is 13.2 Å². The van der Waals surface area contributed by atoms with Crippen LogP contribution in [0.1, 0.15) is 38.7 Å². The zero-order valence-electron chi connectivity index (χ0n) is 17.4. The first-order chi connectivity index (χ1) is 14.2. The minimum atomic E-state index is -0.897. The minimum Gasteiger partial charge on any atom is -0.508 e. The summed E-state index contributed by atoms with van der Waals surface area (Å²) in [5.74, 6) is -1.41. The fourth-order valence-corrected chi connectivity index (χ4v) is 2.65. The van der Waals surface area contributed by atoms with E-state index in [-0.39, 0.29) is 37.1 Å². The van der Waals surface area contributed by atoms with Crippen molar-refractivity contribution >= 4 is 23.7 Å². The lowest BCUT2D eigenvalue weighted by molar-refractivity contribution is -0.148. The van der Waals surface area contributed by atoms with Crippen molar-refractivity contribution < 1.29 is 24.2 Å². The lowest BCUT2D eigenvalue weighted by atomic mass is 10.0. The maximum Gasteiger partial charge on any atom is 0.328 e. The molecular formula is C20H31N5O5. The second-order valence-electron chi connectivity index (χ2n) is 6.80. The maximum absolute atomic E-state index is 12.8. The molecule has 1 rings (SSSR count). The van der Waals surface area contributed by atoms with Gasteiger partial charge in [0.25, 0.3) is 0 Å². The number of carbonyl (C=O) groups excluding carboxylic acids is 3. The lowest BCUT2D eigenvalue weighted by Crippen LogP contribution is -2.52. The van der Waals surface area contributed by atoms with Gasteiger partial charge in [-0.25, -0.2) is 4.79 Å². The zero-order valence-corrected chi connectivity index (χ0v) is 17.4. The Morgan fingerprint density at radius 2 is 1.80 bits per heavy atom. The van der Waals surface area contributed by atoms with Gasteiger partial charge in [-0.15, -0.1) is 0 Å². The molecule has 0 unspecified atom stereocenters. The van der Waals surface area contributed by atoms with Gasteiger partial charge in [-0.3, -0.25) is 14.6 Å². The predicted octanol–water partition coefficient (Wildman–Crippen LogP) is -0.0690. The van der Waals surface area contributed by atoms with Crippen LogP contribution < -0.4 is 22.1 Å². The Labute approximate surface area is 176 Å². The van der Waals surface area contributed by atoms with Gasteiger partial charge < -0.3 is 31.9 Å². The van der Waals surface area contributed by atoms with Crippen molar-refractivity contribution in [3.05, 3.63) is 29.8 Å². The number of aliphatic imine (C=N–C) groups is 1. The van der Waals surface area contributed by atoms with Crippen molar-refractivity contribution in [2.45, 2.75) is 51.6 Å². The number of amides is 2. The monoisotopic (exact) mass is 421 g/mol. The molecule has 7 N–H and O–H groups in total. The third kappa shape index (κ3) is 9.76. The summed E-state index contributed by atoms with van der Waals surface area (Å²) in [5, 5.41) is 14.7. The van der Waals surface area contributed by atoms with E-state index in [1.54, 1.807) is 12.1 Å². The van der Waals surface area contributed by atoms with Crippen LogP contribution in [-0.4, -0.2) is 54.1 Å². The molecule has 0 radical (unpaired) electrons. The van der Waals surface area contributed by atoms with Crippen LogP contribution in [0.3, 0.4) is 0 Å². The number of esters is 1. The van der Waals surface area contributed by atoms with E-state index in [2.05, 4.69) is 15.6 Å². The number of ether oxygens (including phenoxy) is 1. The molecule has 0 bridgehead atoms. The molecule has 0 spiro atoms. The number of phenolic OH excluding ortho intramolecular Hbond substituents is 1. The number of nitrogens with one attached hydrogen (secondary N) is 2. The average Bonchev–Trinajstić information content (AvgIpc) is 2.68. The summed E-state index contributed by atoms with van der Waals surface area (Å²) >= 11 is 0. The molecule has 10 heteroatoms. The summed E-state index contributed by atoms with van der Waals surface area (Å²) in [6.07, 6.45) is 1.57. The number of aromatic hydroxyl groups is 1. The van der Waals surface area contributed by atoms with Gasteiger partial charge in [0.15, 0.2) is 5.96 Å². The van der Waals surface area contributed by atoms with Gasteiger partial charge in [-0.2, -0.15) is 0 Å². The van der Waals surface area contributed by atoms with Gasteiger partial charge in [-0.05, 0) is 37.0 Å². The number of nitrogens with zero attached hydrogens (tertiary/aromatic N) is 1. The van der Waals surface area contributed by atoms with Crippen LogP contribution in [0, 0.1) is 0 Å². The topological polar surface area (TPSA) is 169 Å². The molecule has 1 aromatic carbocycles. The molecule has 1 aromatic rings. The Balaban J connectivity index is 2.86. The molecule has 0 aromatic heterocycles. The van der Waals surface area contributed by atoms with E-state index in [1.807, 2.05) is 6.92 Å². The molecule has 166 valence electrons. The van der Waals surface area contributed by atoms with Crippen LogP contribution in [0.15, 0.2) is 29.3 Å². The fraction of sp³-hybridized carbons (Fsp3) is 0.500. The van der Waals surface area contributed by atoms with E-state index in [1.165, 1.54) is 19.1 Å². The van der Waals surface area contributed by atoms with Crippen LogP contribution in [0.5, 0.6) is 5.75 Å². The Morgan fingerprint density at radius 1 is 1.13 bits per heavy atom. The van der Waals surface area contributed by atoms with Gasteiger partial charge in [0.05, 0.1) is 6.61 Å². The molecule has 0 heterocycles. The van der Waals surface area contributed by atoms with Crippen LogP contribution in [-0.2, 0) is 25.5 Å². The number of hydrogen-bond donors (Lipinski definition) is 5. The number of benzene rings is 1. The van der Waals surface area contributed by atoms with Gasteiger partial charge in [0.1, 0.15) is 17.8 Å². The maximum atomic E-state index is 12.8. The van der Waals surface area contributed by atoms with Crippen molar-refractivity contribution in [3.63, 3.8) is 0 Å². The first-order valence-corrected chi connectivity index (χ1v) is 9.80. The number of phenols is 1. The Bertz CT molecular complexity index is 732. The van der Waals surface area contributed by atoms with E-state index in [4.69, 9.17) is 16.2 Å². The molecule has 2 amide bonds. The first-order valence-electron chi connectivity index (χ1n) is 9.80. The van der Waals surface area contributed by atoms with Crippen molar-refractivity contribution in [1.82, 2.24) is 10.6 Å². The molecule has 30 heavy (non-hydrogen) atoms. The summed E-state index contributed by atoms with van der Waals surface area (Å²) in [5.41, 5.74) is 11.3. The molecule has 0 aliphatic heterocycles. The number of guanidine groups is 1. The molecule has 2 atom stereocenters. The highest BCUT2D eigenvalue weighted by Crippen LogP contribution is 2.12. The van der Waals surface area contributed by atoms with E-state index in [0.717, 1.165) is 5.56 Å². The predicted molar refractivity (Wildman–Crippen MR) is 113 cm³/mol. The SMILES string of the molecule is CCCOC(=O)[C@H](CCCN=C(N)N)NC(=O)[C@H](Cc1ccc(O)cc1)NC(C)=O. The number of rotatable bonds is 12. The van der Waals surface area contributed by atoms with Crippen LogP contribution in [0.25, 0.3) is 0 Å². The summed E-state index contributed by atoms with van der Waals surface area (Å²) in [6, 6.07) is 4.50. The number of hydrogen-bond acceptors (Lipinski definition) is 6. The fourth-order valence-electron chi connectivity index (χ4n) is 2.65. The standard InChI is InChI=1S/C20H31N5O5/c1-3-11-30-19(29)16(5-4-10-23-20(21)22)25-18(28)17(24-13(2)26)12-14-6-8-15(27)9-7-14/h6-9,16-17,27H,3-5,10-12H2,1-2H3,(H,24,26)(H,25,28)(H4,21,22,23)/t16-,17-/m0/s1. The largest absolute Gasteiger partial charge is 0.508 e. The third-order valence-corrected chi connectivity index (χ3v) is 4.06. The highest BCUT2D eigenvalue weighted by molar-refractivity contribution is 5.90. The van der Waals surface area contributed by atoms with Gasteiger partial charge in [0.2, 0.25) is 11.8 Å². The van der Waals surface area contributed by atoms with Crippen LogP contribution in [0.2, 0.25) is 0 Å². The van der Waals surface area contributed by atoms with Crippen molar-refractivity contribution in [1.29, 1.82) is 0 Å². The van der Waals surface area contributed by atoms with Crippen LogP contribution >= 0.6 is 0 Å². The van der Waals surface area contributed by atoms with Gasteiger partial charge >= 0.3 is 5.97 Å². The molecule has 0 aliphatic carbocycles. The average molecular weight is 421 g/mol. The Kier molecular flexibility index (Phi) is 10.7. The van der Waals surface area contributed by atoms with E-state index in [0.29, 0.717) is 19.4 Å². The highest BCUT2D eigenvalue weighted by Gasteiger charge is 2.27. The minimum absolute atomic E-state index is 0.0521. The molecule has 0 saturated carbocycles. The Hall–Kier alpha value is -3.30. The second-order valence-corrected chi connectivity index (χ2v) is 6.80. The molecular weight excluding hydrogens is 390 g/mol. The summed E-state index contributed by atoms with van der Waals surface area (Å²) < 4.78 is 5.17.